The van der Waals surface area contributed by atoms with Gasteiger partial charge < -0.3 is 14.6 Å². The average molecular weight is 348 g/mol. The number of thiazole rings is 1. The lowest BCUT2D eigenvalue weighted by atomic mass is 10.3. The number of aliphatic carboxylic acids is 1. The lowest BCUT2D eigenvalue weighted by molar-refractivity contribution is -0.274. The lowest BCUT2D eigenvalue weighted by Crippen LogP contribution is -2.16. The monoisotopic (exact) mass is 348 g/mol. The average Bonchev–Trinajstić information content (AvgIpc) is 2.83. The Morgan fingerprint density at radius 2 is 2.13 bits per heavy atom. The van der Waals surface area contributed by atoms with Crippen LogP contribution in [0.5, 0.6) is 5.75 Å². The van der Waals surface area contributed by atoms with Gasteiger partial charge in [0.15, 0.2) is 5.90 Å². The highest BCUT2D eigenvalue weighted by Crippen LogP contribution is 2.33. The molecule has 23 heavy (non-hydrogen) atoms. The van der Waals surface area contributed by atoms with Gasteiger partial charge in [-0.15, -0.1) is 13.2 Å². The second kappa shape index (κ2) is 6.82. The zero-order valence-corrected chi connectivity index (χ0v) is 12.6. The molecule has 0 fully saturated rings. The Balaban J connectivity index is 2.23. The lowest BCUT2D eigenvalue weighted by Gasteiger charge is -2.07. The Labute approximate surface area is 132 Å². The number of hydrogen-bond acceptors (Lipinski definition) is 6. The molecular weight excluding hydrogens is 337 g/mol. The SMILES string of the molecule is COC(CCC(=O)O)=Nc1nc2ccc(OC(F)(F)F)cc2s1. The van der Waals surface area contributed by atoms with Crippen molar-refractivity contribution in [2.75, 3.05) is 7.11 Å². The zero-order valence-electron chi connectivity index (χ0n) is 11.8. The van der Waals surface area contributed by atoms with Crippen molar-refractivity contribution in [2.24, 2.45) is 4.99 Å². The summed E-state index contributed by atoms with van der Waals surface area (Å²) in [4.78, 5) is 18.7. The quantitative estimate of drug-likeness (QED) is 0.658. The number of hydrogen-bond donors (Lipinski definition) is 1. The van der Waals surface area contributed by atoms with E-state index in [-0.39, 0.29) is 29.6 Å². The van der Waals surface area contributed by atoms with Crippen molar-refractivity contribution in [3.05, 3.63) is 18.2 Å². The summed E-state index contributed by atoms with van der Waals surface area (Å²) in [6, 6.07) is 3.75. The Hall–Kier alpha value is -2.36. The summed E-state index contributed by atoms with van der Waals surface area (Å²) in [5.41, 5.74) is 0.456. The molecule has 2 aromatic rings. The van der Waals surface area contributed by atoms with Gasteiger partial charge in [0, 0.05) is 12.5 Å². The molecule has 1 N–H and O–H groups in total. The van der Waals surface area contributed by atoms with Crippen molar-refractivity contribution in [3.63, 3.8) is 0 Å². The van der Waals surface area contributed by atoms with Gasteiger partial charge in [0.1, 0.15) is 5.75 Å². The first kappa shape index (κ1) is 17.0. The Bertz CT molecular complexity index is 742. The predicted octanol–water partition coefficient (Wildman–Crippen LogP) is 3.74. The highest BCUT2D eigenvalue weighted by molar-refractivity contribution is 7.22. The maximum Gasteiger partial charge on any atom is 0.573 e. The molecule has 6 nitrogen and oxygen atoms in total. The Morgan fingerprint density at radius 3 is 2.74 bits per heavy atom. The fourth-order valence-corrected chi connectivity index (χ4v) is 2.54. The molecule has 2 rings (SSSR count). The fourth-order valence-electron chi connectivity index (χ4n) is 1.66. The minimum atomic E-state index is -4.76. The van der Waals surface area contributed by atoms with E-state index in [4.69, 9.17) is 9.84 Å². The second-order valence-corrected chi connectivity index (χ2v) is 5.29. The molecule has 0 aliphatic rings. The molecule has 0 saturated carbocycles. The first-order valence-corrected chi connectivity index (χ1v) is 7.08. The van der Waals surface area contributed by atoms with Crippen LogP contribution in [0.3, 0.4) is 0 Å². The molecule has 1 heterocycles. The van der Waals surface area contributed by atoms with E-state index in [1.54, 1.807) is 0 Å². The molecule has 0 amide bonds. The maximum atomic E-state index is 12.2. The number of aliphatic imine (C=N–C) groups is 1. The minimum Gasteiger partial charge on any atom is -0.484 e. The number of ether oxygens (including phenoxy) is 2. The van der Waals surface area contributed by atoms with E-state index in [0.29, 0.717) is 10.2 Å². The van der Waals surface area contributed by atoms with Gasteiger partial charge in [-0.3, -0.25) is 4.79 Å². The van der Waals surface area contributed by atoms with Crippen LogP contribution in [-0.4, -0.2) is 35.4 Å². The van der Waals surface area contributed by atoms with E-state index >= 15 is 0 Å². The smallest absolute Gasteiger partial charge is 0.484 e. The van der Waals surface area contributed by atoms with Gasteiger partial charge in [-0.2, -0.15) is 4.99 Å². The van der Waals surface area contributed by atoms with Crippen LogP contribution in [0.4, 0.5) is 18.3 Å². The largest absolute Gasteiger partial charge is 0.573 e. The van der Waals surface area contributed by atoms with Crippen molar-refractivity contribution in [1.82, 2.24) is 4.98 Å². The predicted molar refractivity (Wildman–Crippen MR) is 77.3 cm³/mol. The first-order valence-electron chi connectivity index (χ1n) is 6.26. The Kier molecular flexibility index (Phi) is 5.04. The number of rotatable bonds is 5. The first-order chi connectivity index (χ1) is 10.8. The second-order valence-electron chi connectivity index (χ2n) is 4.28. The Morgan fingerprint density at radius 1 is 1.39 bits per heavy atom. The molecule has 1 aromatic carbocycles. The highest BCUT2D eigenvalue weighted by Gasteiger charge is 2.31. The van der Waals surface area contributed by atoms with Crippen LogP contribution < -0.4 is 4.74 Å². The molecule has 0 bridgehead atoms. The van der Waals surface area contributed by atoms with E-state index in [1.807, 2.05) is 0 Å². The van der Waals surface area contributed by atoms with Crippen molar-refractivity contribution in [3.8, 4) is 5.75 Å². The molecule has 0 spiro atoms. The van der Waals surface area contributed by atoms with E-state index in [9.17, 15) is 18.0 Å². The number of carboxylic acids is 1. The van der Waals surface area contributed by atoms with Crippen LogP contribution in [0, 0.1) is 0 Å². The molecular formula is C13H11F3N2O4S. The van der Waals surface area contributed by atoms with Gasteiger partial charge in [0.2, 0.25) is 5.13 Å². The fraction of sp³-hybridized carbons (Fsp3) is 0.308. The summed E-state index contributed by atoms with van der Waals surface area (Å²) >= 11 is 1.04. The number of fused-ring (bicyclic) bond motifs is 1. The molecule has 0 atom stereocenters. The number of halogens is 3. The van der Waals surface area contributed by atoms with Crippen LogP contribution in [0.1, 0.15) is 12.8 Å². The summed E-state index contributed by atoms with van der Waals surface area (Å²) in [6.45, 7) is 0. The van der Waals surface area contributed by atoms with Crippen LogP contribution in [0.15, 0.2) is 23.2 Å². The molecule has 1 aromatic heterocycles. The van der Waals surface area contributed by atoms with E-state index in [1.165, 1.54) is 19.2 Å². The third-order valence-corrected chi connectivity index (χ3v) is 3.50. The van der Waals surface area contributed by atoms with Crippen LogP contribution in [0.25, 0.3) is 10.2 Å². The standard InChI is InChI=1S/C13H11F3N2O4S/c1-21-10(4-5-11(19)20)18-12-17-8-3-2-7(6-9(8)23-12)22-13(14,15)16/h2-3,6H,4-5H2,1H3,(H,19,20). The number of aromatic nitrogens is 1. The topological polar surface area (TPSA) is 81.0 Å². The number of carbonyl (C=O) groups is 1. The third kappa shape index (κ3) is 5.09. The summed E-state index contributed by atoms with van der Waals surface area (Å²) in [7, 11) is 1.35. The summed E-state index contributed by atoms with van der Waals surface area (Å²) < 4.78 is 45.8. The number of nitrogens with zero attached hydrogens (tertiary/aromatic N) is 2. The summed E-state index contributed by atoms with van der Waals surface area (Å²) in [5.74, 6) is -1.16. The highest BCUT2D eigenvalue weighted by atomic mass is 32.1. The molecule has 0 aliphatic carbocycles. The van der Waals surface area contributed by atoms with Crippen molar-refractivity contribution >= 4 is 38.6 Å². The van der Waals surface area contributed by atoms with Crippen molar-refractivity contribution in [2.45, 2.75) is 19.2 Å². The van der Waals surface area contributed by atoms with Crippen LogP contribution in [0.2, 0.25) is 0 Å². The molecule has 124 valence electrons. The van der Waals surface area contributed by atoms with E-state index in [0.717, 1.165) is 17.4 Å². The number of alkyl halides is 3. The van der Waals surface area contributed by atoms with E-state index < -0.39 is 12.3 Å². The summed E-state index contributed by atoms with van der Waals surface area (Å²) in [6.07, 6.45) is -4.83. The number of carboxylic acid groups (broad SMARTS) is 1. The van der Waals surface area contributed by atoms with E-state index in [2.05, 4.69) is 14.7 Å². The molecule has 0 saturated heterocycles. The maximum absolute atomic E-state index is 12.2. The molecule has 0 aliphatic heterocycles. The third-order valence-electron chi connectivity index (χ3n) is 2.59. The normalized spacial score (nSPS) is 12.4. The summed E-state index contributed by atoms with van der Waals surface area (Å²) in [5, 5.41) is 8.89. The molecule has 0 unspecified atom stereocenters. The van der Waals surface area contributed by atoms with Gasteiger partial charge in [-0.1, -0.05) is 11.3 Å². The minimum absolute atomic E-state index is 0.0875. The van der Waals surface area contributed by atoms with Gasteiger partial charge >= 0.3 is 12.3 Å². The van der Waals surface area contributed by atoms with Gasteiger partial charge in [0.05, 0.1) is 23.7 Å². The van der Waals surface area contributed by atoms with Crippen molar-refractivity contribution in [1.29, 1.82) is 0 Å². The van der Waals surface area contributed by atoms with Gasteiger partial charge in [-0.25, -0.2) is 4.98 Å². The van der Waals surface area contributed by atoms with Crippen LogP contribution >= 0.6 is 11.3 Å². The van der Waals surface area contributed by atoms with Gasteiger partial charge in [-0.05, 0) is 12.1 Å². The number of benzene rings is 1. The van der Waals surface area contributed by atoms with Crippen molar-refractivity contribution < 1.29 is 32.5 Å². The van der Waals surface area contributed by atoms with Gasteiger partial charge in [0.25, 0.3) is 0 Å². The zero-order chi connectivity index (χ0) is 17.0. The van der Waals surface area contributed by atoms with Crippen LogP contribution in [-0.2, 0) is 9.53 Å². The molecule has 10 heteroatoms. The number of methoxy groups -OCH3 is 1. The molecule has 0 radical (unpaired) electrons.